The van der Waals surface area contributed by atoms with E-state index in [-0.39, 0.29) is 30.7 Å². The zero-order valence-electron chi connectivity index (χ0n) is 21.2. The quantitative estimate of drug-likeness (QED) is 0.202. The van der Waals surface area contributed by atoms with Crippen LogP contribution in [-0.4, -0.2) is 28.1 Å². The molecule has 2 unspecified atom stereocenters. The summed E-state index contributed by atoms with van der Waals surface area (Å²) >= 11 is 19.4. The van der Waals surface area contributed by atoms with Gasteiger partial charge in [-0.3, -0.25) is 9.59 Å². The largest absolute Gasteiger partial charge is 0.481 e. The third-order valence-corrected chi connectivity index (χ3v) is 7.53. The summed E-state index contributed by atoms with van der Waals surface area (Å²) in [6, 6.07) is 19.1. The predicted molar refractivity (Wildman–Crippen MR) is 155 cm³/mol. The number of benzene rings is 3. The zero-order valence-corrected chi connectivity index (χ0v) is 23.4. The molecule has 4 aromatic rings. The molecule has 198 valence electrons. The van der Waals surface area contributed by atoms with Crippen molar-refractivity contribution in [1.82, 2.24) is 9.88 Å². The summed E-state index contributed by atoms with van der Waals surface area (Å²) < 4.78 is 2.20. The highest BCUT2D eigenvalue weighted by atomic mass is 35.5. The molecule has 2 N–H and O–H groups in total. The lowest BCUT2D eigenvalue weighted by Crippen LogP contribution is -2.26. The van der Waals surface area contributed by atoms with Crippen molar-refractivity contribution in [1.29, 1.82) is 0 Å². The summed E-state index contributed by atoms with van der Waals surface area (Å²) in [5, 5.41) is 14.3. The van der Waals surface area contributed by atoms with Crippen LogP contribution in [0, 0.1) is 0 Å². The smallest absolute Gasteiger partial charge is 0.305 e. The molecule has 0 spiro atoms. The molecular formula is C30H29Cl3N2O3. The minimum absolute atomic E-state index is 0.0266. The van der Waals surface area contributed by atoms with E-state index in [1.165, 1.54) is 0 Å². The molecule has 0 fully saturated rings. The van der Waals surface area contributed by atoms with Crippen molar-refractivity contribution in [2.75, 3.05) is 6.54 Å². The number of rotatable bonds is 10. The van der Waals surface area contributed by atoms with Crippen LogP contribution in [0.5, 0.6) is 0 Å². The first-order valence-corrected chi connectivity index (χ1v) is 13.7. The Morgan fingerprint density at radius 3 is 2.24 bits per heavy atom. The Balaban J connectivity index is 1.76. The van der Waals surface area contributed by atoms with Gasteiger partial charge in [0.1, 0.15) is 0 Å². The molecule has 0 aliphatic rings. The van der Waals surface area contributed by atoms with Gasteiger partial charge in [0.25, 0.3) is 5.91 Å². The monoisotopic (exact) mass is 570 g/mol. The topological polar surface area (TPSA) is 71.3 Å². The van der Waals surface area contributed by atoms with Gasteiger partial charge in [0.05, 0.1) is 17.0 Å². The first-order chi connectivity index (χ1) is 18.2. The number of nitrogens with one attached hydrogen (secondary N) is 1. The van der Waals surface area contributed by atoms with Crippen LogP contribution >= 0.6 is 34.8 Å². The fraction of sp³-hybridized carbons (Fsp3) is 0.267. The minimum Gasteiger partial charge on any atom is -0.481 e. The number of carboxylic acid groups (broad SMARTS) is 1. The Bertz CT molecular complexity index is 1450. The maximum absolute atomic E-state index is 12.4. The van der Waals surface area contributed by atoms with Gasteiger partial charge in [-0.05, 0) is 65.4 Å². The van der Waals surface area contributed by atoms with Crippen LogP contribution in [0.4, 0.5) is 0 Å². The first kappa shape index (κ1) is 28.0. The maximum Gasteiger partial charge on any atom is 0.305 e. The van der Waals surface area contributed by atoms with Gasteiger partial charge in [0.15, 0.2) is 0 Å². The molecule has 1 aromatic heterocycles. The summed E-state index contributed by atoms with van der Waals surface area (Å²) in [4.78, 5) is 23.2. The van der Waals surface area contributed by atoms with Gasteiger partial charge in [-0.15, -0.1) is 0 Å². The standard InChI is InChI=1S/C30H29Cl3N2O3/c1-3-14-35-17-25(24-15-23(32)16-26(33)29(24)35)28(20-8-10-22(31)11-9-20)18(2)19-4-6-21(7-5-19)30(38)34-13-12-27(36)37/h4-11,15-18,28H,3,12-14H2,1-2H3,(H,34,38)(H,36,37). The van der Waals surface area contributed by atoms with E-state index in [0.717, 1.165) is 40.6 Å². The maximum atomic E-state index is 12.4. The molecule has 0 radical (unpaired) electrons. The number of fused-ring (bicyclic) bond motifs is 1. The number of amides is 1. The van der Waals surface area contributed by atoms with Gasteiger partial charge in [-0.25, -0.2) is 0 Å². The number of aromatic nitrogens is 1. The van der Waals surface area contributed by atoms with E-state index in [1.807, 2.05) is 42.5 Å². The van der Waals surface area contributed by atoms with Crippen molar-refractivity contribution in [3.63, 3.8) is 0 Å². The summed E-state index contributed by atoms with van der Waals surface area (Å²) in [5.74, 6) is -1.27. The van der Waals surface area contributed by atoms with E-state index in [4.69, 9.17) is 39.9 Å². The Labute approximate surface area is 237 Å². The van der Waals surface area contributed by atoms with Gasteiger partial charge >= 0.3 is 5.97 Å². The Hall–Kier alpha value is -2.99. The Morgan fingerprint density at radius 2 is 1.61 bits per heavy atom. The fourth-order valence-electron chi connectivity index (χ4n) is 4.97. The molecule has 2 atom stereocenters. The molecule has 0 aliphatic heterocycles. The lowest BCUT2D eigenvalue weighted by molar-refractivity contribution is -0.136. The van der Waals surface area contributed by atoms with E-state index < -0.39 is 5.97 Å². The molecule has 5 nitrogen and oxygen atoms in total. The third kappa shape index (κ3) is 6.17. The number of carbonyl (C=O) groups is 2. The van der Waals surface area contributed by atoms with E-state index in [1.54, 1.807) is 18.2 Å². The Morgan fingerprint density at radius 1 is 0.947 bits per heavy atom. The molecule has 38 heavy (non-hydrogen) atoms. The molecule has 1 heterocycles. The highest BCUT2D eigenvalue weighted by Crippen LogP contribution is 2.44. The van der Waals surface area contributed by atoms with Crippen LogP contribution in [-0.2, 0) is 11.3 Å². The molecule has 0 bridgehead atoms. The van der Waals surface area contributed by atoms with Crippen molar-refractivity contribution in [3.8, 4) is 0 Å². The van der Waals surface area contributed by atoms with E-state index in [0.29, 0.717) is 20.6 Å². The summed E-state index contributed by atoms with van der Waals surface area (Å²) in [6.07, 6.45) is 3.01. The Kier molecular flexibility index (Phi) is 9.03. The fourth-order valence-corrected chi connectivity index (χ4v) is 5.70. The van der Waals surface area contributed by atoms with Crippen LogP contribution in [0.15, 0.2) is 66.9 Å². The van der Waals surface area contributed by atoms with Crippen molar-refractivity contribution < 1.29 is 14.7 Å². The number of hydrogen-bond acceptors (Lipinski definition) is 2. The van der Waals surface area contributed by atoms with E-state index in [9.17, 15) is 9.59 Å². The minimum atomic E-state index is -0.953. The number of nitrogens with zero attached hydrogens (tertiary/aromatic N) is 1. The second-order valence-electron chi connectivity index (χ2n) is 9.40. The number of halogens is 3. The SMILES string of the molecule is CCCn1cc(C(c2ccc(Cl)cc2)C(C)c2ccc(C(=O)NCCC(=O)O)cc2)c2cc(Cl)cc(Cl)c21. The van der Waals surface area contributed by atoms with Gasteiger partial charge in [0.2, 0.25) is 0 Å². The predicted octanol–water partition coefficient (Wildman–Crippen LogP) is 8.15. The average Bonchev–Trinajstić information content (AvgIpc) is 3.23. The van der Waals surface area contributed by atoms with Gasteiger partial charge in [0, 0.05) is 46.2 Å². The van der Waals surface area contributed by atoms with Crippen LogP contribution < -0.4 is 5.32 Å². The lowest BCUT2D eigenvalue weighted by atomic mass is 9.78. The molecule has 3 aromatic carbocycles. The molecule has 0 aliphatic carbocycles. The van der Waals surface area contributed by atoms with Crippen LogP contribution in [0.2, 0.25) is 15.1 Å². The highest BCUT2D eigenvalue weighted by Gasteiger charge is 2.27. The average molecular weight is 572 g/mol. The number of carboxylic acids is 1. The number of hydrogen-bond donors (Lipinski definition) is 2. The lowest BCUT2D eigenvalue weighted by Gasteiger charge is -2.25. The molecule has 8 heteroatoms. The van der Waals surface area contributed by atoms with Crippen molar-refractivity contribution >= 4 is 57.6 Å². The number of carbonyl (C=O) groups excluding carboxylic acids is 1. The number of aryl methyl sites for hydroxylation is 1. The second kappa shape index (κ2) is 12.2. The molecule has 0 saturated heterocycles. The van der Waals surface area contributed by atoms with Gasteiger partial charge in [-0.2, -0.15) is 0 Å². The molecule has 4 rings (SSSR count). The van der Waals surface area contributed by atoms with Gasteiger partial charge in [-0.1, -0.05) is 72.9 Å². The van der Waals surface area contributed by atoms with Crippen LogP contribution in [0.3, 0.4) is 0 Å². The van der Waals surface area contributed by atoms with Gasteiger partial charge < -0.3 is 15.0 Å². The molecule has 0 saturated carbocycles. The first-order valence-electron chi connectivity index (χ1n) is 12.5. The van der Waals surface area contributed by atoms with Crippen molar-refractivity contribution in [3.05, 3.63) is 104 Å². The van der Waals surface area contributed by atoms with Crippen LogP contribution in [0.1, 0.15) is 65.6 Å². The summed E-state index contributed by atoms with van der Waals surface area (Å²) in [7, 11) is 0. The summed E-state index contributed by atoms with van der Waals surface area (Å²) in [6.45, 7) is 5.20. The summed E-state index contributed by atoms with van der Waals surface area (Å²) in [5.41, 5.74) is 4.71. The number of aliphatic carboxylic acids is 1. The van der Waals surface area contributed by atoms with E-state index in [2.05, 4.69) is 29.9 Å². The van der Waals surface area contributed by atoms with Crippen LogP contribution in [0.25, 0.3) is 10.9 Å². The molecule has 1 amide bonds. The third-order valence-electron chi connectivity index (χ3n) is 6.77. The van der Waals surface area contributed by atoms with Crippen molar-refractivity contribution in [2.24, 2.45) is 0 Å². The highest BCUT2D eigenvalue weighted by molar-refractivity contribution is 6.38. The van der Waals surface area contributed by atoms with Crippen molar-refractivity contribution in [2.45, 2.75) is 45.1 Å². The molecular weight excluding hydrogens is 543 g/mol. The zero-order chi connectivity index (χ0) is 27.4. The normalized spacial score (nSPS) is 12.9. The second-order valence-corrected chi connectivity index (χ2v) is 10.7. The van der Waals surface area contributed by atoms with E-state index >= 15 is 0 Å².